The molecule has 144 valence electrons. The molecule has 1 saturated heterocycles. The summed E-state index contributed by atoms with van der Waals surface area (Å²) >= 11 is 0. The Kier molecular flexibility index (Phi) is 5.40. The molecule has 2 heterocycles. The van der Waals surface area contributed by atoms with Gasteiger partial charge in [0.15, 0.2) is 0 Å². The lowest BCUT2D eigenvalue weighted by atomic mass is 10.1. The minimum Gasteiger partial charge on any atom is -0.346 e. The third-order valence-corrected chi connectivity index (χ3v) is 5.35. The molecule has 2 aromatic rings. The maximum absolute atomic E-state index is 13.0. The van der Waals surface area contributed by atoms with E-state index in [-0.39, 0.29) is 11.8 Å². The van der Waals surface area contributed by atoms with E-state index in [1.807, 2.05) is 60.9 Å². The lowest BCUT2D eigenvalue weighted by molar-refractivity contribution is 0.0535. The van der Waals surface area contributed by atoms with Gasteiger partial charge in [-0.1, -0.05) is 17.7 Å². The molecule has 0 atom stereocenters. The third kappa shape index (κ3) is 3.77. The highest BCUT2D eigenvalue weighted by molar-refractivity contribution is 5.97. The Hall–Kier alpha value is -2.56. The smallest absolute Gasteiger partial charge is 0.255 e. The van der Waals surface area contributed by atoms with Crippen LogP contribution in [0.15, 0.2) is 30.3 Å². The number of carbonyl (C=O) groups is 2. The first-order chi connectivity index (χ1) is 12.8. The first-order valence-electron chi connectivity index (χ1n) is 9.63. The molecule has 1 aromatic carbocycles. The molecule has 5 heteroatoms. The second kappa shape index (κ2) is 7.59. The maximum Gasteiger partial charge on any atom is 0.255 e. The molecule has 1 aliphatic heterocycles. The molecule has 2 amide bonds. The molecule has 0 radical (unpaired) electrons. The summed E-state index contributed by atoms with van der Waals surface area (Å²) in [5, 5.41) is 0. The van der Waals surface area contributed by atoms with Gasteiger partial charge in [-0.25, -0.2) is 0 Å². The fraction of sp³-hybridized carbons (Fsp3) is 0.455. The molecule has 0 bridgehead atoms. The molecule has 1 fully saturated rings. The Morgan fingerprint density at radius 3 is 2.00 bits per heavy atom. The van der Waals surface area contributed by atoms with E-state index in [2.05, 4.69) is 18.4 Å². The number of hydrogen-bond donors (Lipinski definition) is 0. The average molecular weight is 367 g/mol. The first-order valence-corrected chi connectivity index (χ1v) is 9.63. The second-order valence-electron chi connectivity index (χ2n) is 7.70. The maximum atomic E-state index is 13.0. The molecule has 27 heavy (non-hydrogen) atoms. The number of hydrogen-bond acceptors (Lipinski definition) is 2. The number of aromatic nitrogens is 1. The predicted molar refractivity (Wildman–Crippen MR) is 107 cm³/mol. The molecule has 3 rings (SSSR count). The van der Waals surface area contributed by atoms with Gasteiger partial charge < -0.3 is 14.4 Å². The molecule has 0 saturated carbocycles. The van der Waals surface area contributed by atoms with Crippen molar-refractivity contribution in [3.05, 3.63) is 58.4 Å². The number of benzene rings is 1. The van der Waals surface area contributed by atoms with E-state index in [4.69, 9.17) is 0 Å². The number of piperazine rings is 1. The van der Waals surface area contributed by atoms with Gasteiger partial charge in [0, 0.05) is 49.2 Å². The van der Waals surface area contributed by atoms with Gasteiger partial charge in [-0.2, -0.15) is 0 Å². The minimum atomic E-state index is 0.0452. The van der Waals surface area contributed by atoms with Crippen LogP contribution in [-0.4, -0.2) is 52.4 Å². The van der Waals surface area contributed by atoms with Gasteiger partial charge in [0.25, 0.3) is 11.8 Å². The van der Waals surface area contributed by atoms with Crippen LogP contribution in [0.2, 0.25) is 0 Å². The van der Waals surface area contributed by atoms with Crippen LogP contribution in [0.5, 0.6) is 0 Å². The largest absolute Gasteiger partial charge is 0.346 e. The fourth-order valence-electron chi connectivity index (χ4n) is 4.03. The fourth-order valence-corrected chi connectivity index (χ4v) is 4.03. The normalized spacial score (nSPS) is 14.7. The lowest BCUT2D eigenvalue weighted by Crippen LogP contribution is -2.50. The van der Waals surface area contributed by atoms with E-state index in [9.17, 15) is 9.59 Å². The zero-order chi connectivity index (χ0) is 19.7. The van der Waals surface area contributed by atoms with Crippen molar-refractivity contribution >= 4 is 11.8 Å². The SMILES string of the molecule is Cc1cccc(C(=O)N2CCN(C(=O)c3cc(C)n(C(C)C)c3C)CC2)c1. The Morgan fingerprint density at radius 1 is 0.889 bits per heavy atom. The van der Waals surface area contributed by atoms with Crippen LogP contribution < -0.4 is 0 Å². The lowest BCUT2D eigenvalue weighted by Gasteiger charge is -2.35. The van der Waals surface area contributed by atoms with Gasteiger partial charge in [0.05, 0.1) is 5.56 Å². The predicted octanol–water partition coefficient (Wildman–Crippen LogP) is 3.59. The van der Waals surface area contributed by atoms with Gasteiger partial charge in [-0.15, -0.1) is 0 Å². The topological polar surface area (TPSA) is 45.6 Å². The highest BCUT2D eigenvalue weighted by Crippen LogP contribution is 2.22. The van der Waals surface area contributed by atoms with Crippen LogP contribution in [0.25, 0.3) is 0 Å². The van der Waals surface area contributed by atoms with E-state index in [0.717, 1.165) is 28.1 Å². The van der Waals surface area contributed by atoms with Crippen LogP contribution in [0.3, 0.4) is 0 Å². The van der Waals surface area contributed by atoms with Gasteiger partial charge in [-0.3, -0.25) is 9.59 Å². The van der Waals surface area contributed by atoms with E-state index in [0.29, 0.717) is 32.2 Å². The average Bonchev–Trinajstić information content (AvgIpc) is 2.95. The molecular weight excluding hydrogens is 338 g/mol. The molecule has 5 nitrogen and oxygen atoms in total. The monoisotopic (exact) mass is 367 g/mol. The van der Waals surface area contributed by atoms with Crippen molar-refractivity contribution < 1.29 is 9.59 Å². The van der Waals surface area contributed by atoms with Gasteiger partial charge in [-0.05, 0) is 52.8 Å². The number of amides is 2. The Balaban J connectivity index is 1.68. The van der Waals surface area contributed by atoms with Crippen molar-refractivity contribution in [2.45, 2.75) is 40.7 Å². The van der Waals surface area contributed by atoms with E-state index < -0.39 is 0 Å². The molecule has 0 spiro atoms. The van der Waals surface area contributed by atoms with Crippen molar-refractivity contribution in [1.82, 2.24) is 14.4 Å². The molecular formula is C22H29N3O2. The van der Waals surface area contributed by atoms with Crippen molar-refractivity contribution in [2.24, 2.45) is 0 Å². The third-order valence-electron chi connectivity index (χ3n) is 5.35. The van der Waals surface area contributed by atoms with Gasteiger partial charge in [0.2, 0.25) is 0 Å². The van der Waals surface area contributed by atoms with E-state index in [1.54, 1.807) is 0 Å². The zero-order valence-electron chi connectivity index (χ0n) is 17.0. The van der Waals surface area contributed by atoms with Crippen molar-refractivity contribution in [1.29, 1.82) is 0 Å². The number of carbonyl (C=O) groups excluding carboxylic acids is 2. The Labute approximate surface area is 161 Å². The highest BCUT2D eigenvalue weighted by Gasteiger charge is 2.27. The summed E-state index contributed by atoms with van der Waals surface area (Å²) in [5.74, 6) is 0.112. The second-order valence-corrected chi connectivity index (χ2v) is 7.70. The molecule has 0 unspecified atom stereocenters. The number of rotatable bonds is 3. The molecule has 0 N–H and O–H groups in total. The molecule has 1 aromatic heterocycles. The highest BCUT2D eigenvalue weighted by atomic mass is 16.2. The van der Waals surface area contributed by atoms with Crippen molar-refractivity contribution in [3.8, 4) is 0 Å². The quantitative estimate of drug-likeness (QED) is 0.832. The number of aryl methyl sites for hydroxylation is 2. The summed E-state index contributed by atoms with van der Waals surface area (Å²) in [5.41, 5.74) is 4.70. The van der Waals surface area contributed by atoms with Crippen LogP contribution in [0, 0.1) is 20.8 Å². The van der Waals surface area contributed by atoms with Crippen LogP contribution in [-0.2, 0) is 0 Å². The molecule has 1 aliphatic rings. The van der Waals surface area contributed by atoms with E-state index in [1.165, 1.54) is 0 Å². The molecule has 0 aliphatic carbocycles. The Bertz CT molecular complexity index is 858. The van der Waals surface area contributed by atoms with Gasteiger partial charge >= 0.3 is 0 Å². The summed E-state index contributed by atoms with van der Waals surface area (Å²) in [6.45, 7) is 12.6. The summed E-state index contributed by atoms with van der Waals surface area (Å²) in [6, 6.07) is 9.99. The first kappa shape index (κ1) is 19.2. The van der Waals surface area contributed by atoms with Crippen LogP contribution in [0.1, 0.15) is 57.6 Å². The summed E-state index contributed by atoms with van der Waals surface area (Å²) < 4.78 is 2.20. The van der Waals surface area contributed by atoms with Gasteiger partial charge in [0.1, 0.15) is 0 Å². The summed E-state index contributed by atoms with van der Waals surface area (Å²) in [7, 11) is 0. The Morgan fingerprint density at radius 2 is 1.48 bits per heavy atom. The van der Waals surface area contributed by atoms with Crippen LogP contribution >= 0.6 is 0 Å². The summed E-state index contributed by atoms with van der Waals surface area (Å²) in [4.78, 5) is 29.4. The number of nitrogens with zero attached hydrogens (tertiary/aromatic N) is 3. The van der Waals surface area contributed by atoms with Crippen molar-refractivity contribution in [3.63, 3.8) is 0 Å². The zero-order valence-corrected chi connectivity index (χ0v) is 17.0. The van der Waals surface area contributed by atoms with E-state index >= 15 is 0 Å². The van der Waals surface area contributed by atoms with Crippen LogP contribution in [0.4, 0.5) is 0 Å². The minimum absolute atomic E-state index is 0.0452. The summed E-state index contributed by atoms with van der Waals surface area (Å²) in [6.07, 6.45) is 0. The van der Waals surface area contributed by atoms with Crippen molar-refractivity contribution in [2.75, 3.05) is 26.2 Å². The standard InChI is InChI=1S/C22H29N3O2/c1-15(2)25-17(4)14-20(18(25)5)22(27)24-11-9-23(10-12-24)21(26)19-8-6-7-16(3)13-19/h6-8,13-15H,9-12H2,1-5H3.